The van der Waals surface area contributed by atoms with Gasteiger partial charge in [-0.15, -0.1) is 0 Å². The zero-order valence-corrected chi connectivity index (χ0v) is 8.77. The molecule has 0 unspecified atom stereocenters. The molecule has 5 nitrogen and oxygen atoms in total. The molecule has 0 saturated carbocycles. The van der Waals surface area contributed by atoms with Gasteiger partial charge in [0.25, 0.3) is 0 Å². The molecular formula is C11H10N4O. The largest absolute Gasteiger partial charge is 0.364 e. The third-order valence-electron chi connectivity index (χ3n) is 2.02. The van der Waals surface area contributed by atoms with Crippen molar-refractivity contribution in [2.45, 2.75) is 13.5 Å². The summed E-state index contributed by atoms with van der Waals surface area (Å²) < 4.78 is 4.94. The highest BCUT2D eigenvalue weighted by Gasteiger charge is 2.01. The SMILES string of the molecule is Cc1cc(CNc2cc(C#N)ccn2)no1. The van der Waals surface area contributed by atoms with Crippen LogP contribution < -0.4 is 5.32 Å². The van der Waals surface area contributed by atoms with E-state index in [0.717, 1.165) is 11.5 Å². The summed E-state index contributed by atoms with van der Waals surface area (Å²) in [5.41, 5.74) is 1.38. The molecule has 2 heterocycles. The van der Waals surface area contributed by atoms with Crippen LogP contribution >= 0.6 is 0 Å². The zero-order chi connectivity index (χ0) is 11.4. The number of hydrogen-bond donors (Lipinski definition) is 1. The van der Waals surface area contributed by atoms with Gasteiger partial charge in [-0.2, -0.15) is 5.26 Å². The molecule has 0 spiro atoms. The number of hydrogen-bond acceptors (Lipinski definition) is 5. The van der Waals surface area contributed by atoms with Gasteiger partial charge in [-0.1, -0.05) is 5.16 Å². The molecule has 2 aromatic rings. The Bertz CT molecular complexity index is 527. The highest BCUT2D eigenvalue weighted by Crippen LogP contribution is 2.08. The van der Waals surface area contributed by atoms with Crippen LogP contribution in [0.2, 0.25) is 0 Å². The molecule has 16 heavy (non-hydrogen) atoms. The van der Waals surface area contributed by atoms with Crippen molar-refractivity contribution >= 4 is 5.82 Å². The van der Waals surface area contributed by atoms with Crippen LogP contribution in [0, 0.1) is 18.3 Å². The lowest BCUT2D eigenvalue weighted by molar-refractivity contribution is 0.391. The van der Waals surface area contributed by atoms with Crippen molar-refractivity contribution in [3.8, 4) is 6.07 Å². The van der Waals surface area contributed by atoms with Gasteiger partial charge < -0.3 is 9.84 Å². The number of anilines is 1. The number of nitriles is 1. The summed E-state index contributed by atoms with van der Waals surface area (Å²) in [6, 6.07) is 7.25. The van der Waals surface area contributed by atoms with Gasteiger partial charge in [-0.3, -0.25) is 0 Å². The van der Waals surface area contributed by atoms with Crippen molar-refractivity contribution in [1.82, 2.24) is 10.1 Å². The van der Waals surface area contributed by atoms with E-state index in [2.05, 4.69) is 21.5 Å². The van der Waals surface area contributed by atoms with Crippen molar-refractivity contribution in [2.75, 3.05) is 5.32 Å². The smallest absolute Gasteiger partial charge is 0.133 e. The summed E-state index contributed by atoms with van der Waals surface area (Å²) in [7, 11) is 0. The Morgan fingerprint density at radius 2 is 2.38 bits per heavy atom. The third-order valence-corrected chi connectivity index (χ3v) is 2.02. The number of rotatable bonds is 3. The fraction of sp³-hybridized carbons (Fsp3) is 0.182. The van der Waals surface area contributed by atoms with Crippen molar-refractivity contribution in [1.29, 1.82) is 5.26 Å². The minimum Gasteiger partial charge on any atom is -0.364 e. The summed E-state index contributed by atoms with van der Waals surface area (Å²) >= 11 is 0. The number of aromatic nitrogens is 2. The molecule has 2 rings (SSSR count). The lowest BCUT2D eigenvalue weighted by Crippen LogP contribution is -2.01. The maximum Gasteiger partial charge on any atom is 0.133 e. The van der Waals surface area contributed by atoms with Crippen molar-refractivity contribution in [3.05, 3.63) is 41.4 Å². The van der Waals surface area contributed by atoms with Gasteiger partial charge in [0.05, 0.1) is 18.2 Å². The van der Waals surface area contributed by atoms with Crippen molar-refractivity contribution in [3.63, 3.8) is 0 Å². The molecule has 2 aromatic heterocycles. The standard InChI is InChI=1S/C11H10N4O/c1-8-4-10(15-16-8)7-14-11-5-9(6-12)2-3-13-11/h2-5H,7H2,1H3,(H,13,14). The lowest BCUT2D eigenvalue weighted by Gasteiger charge is -2.02. The van der Waals surface area contributed by atoms with E-state index >= 15 is 0 Å². The van der Waals surface area contributed by atoms with E-state index in [4.69, 9.17) is 9.78 Å². The Hall–Kier alpha value is -2.35. The fourth-order valence-corrected chi connectivity index (χ4v) is 1.28. The van der Waals surface area contributed by atoms with Crippen LogP contribution in [0.25, 0.3) is 0 Å². The molecule has 0 atom stereocenters. The first-order valence-corrected chi connectivity index (χ1v) is 4.80. The van der Waals surface area contributed by atoms with E-state index in [1.807, 2.05) is 13.0 Å². The van der Waals surface area contributed by atoms with Gasteiger partial charge in [0, 0.05) is 12.3 Å². The van der Waals surface area contributed by atoms with Crippen molar-refractivity contribution in [2.24, 2.45) is 0 Å². The molecule has 80 valence electrons. The minimum absolute atomic E-state index is 0.527. The summed E-state index contributed by atoms with van der Waals surface area (Å²) in [5, 5.41) is 15.6. The molecule has 0 aliphatic carbocycles. The summed E-state index contributed by atoms with van der Waals surface area (Å²) in [6.45, 7) is 2.37. The Morgan fingerprint density at radius 3 is 3.06 bits per heavy atom. The summed E-state index contributed by atoms with van der Waals surface area (Å²) in [4.78, 5) is 4.09. The predicted molar refractivity (Wildman–Crippen MR) is 57.5 cm³/mol. The molecule has 5 heteroatoms. The zero-order valence-electron chi connectivity index (χ0n) is 8.77. The minimum atomic E-state index is 0.527. The van der Waals surface area contributed by atoms with Gasteiger partial charge in [0.15, 0.2) is 0 Å². The lowest BCUT2D eigenvalue weighted by atomic mass is 10.3. The predicted octanol–water partition coefficient (Wildman–Crippen LogP) is 1.86. The molecule has 0 aliphatic heterocycles. The Balaban J connectivity index is 2.02. The average Bonchev–Trinajstić information content (AvgIpc) is 2.73. The van der Waals surface area contributed by atoms with E-state index in [9.17, 15) is 0 Å². The van der Waals surface area contributed by atoms with E-state index in [0.29, 0.717) is 17.9 Å². The number of pyridine rings is 1. The van der Waals surface area contributed by atoms with Gasteiger partial charge >= 0.3 is 0 Å². The van der Waals surface area contributed by atoms with E-state index < -0.39 is 0 Å². The molecule has 0 radical (unpaired) electrons. The van der Waals surface area contributed by atoms with E-state index in [-0.39, 0.29) is 0 Å². The van der Waals surface area contributed by atoms with Gasteiger partial charge in [-0.05, 0) is 19.1 Å². The maximum absolute atomic E-state index is 8.72. The highest BCUT2D eigenvalue weighted by atomic mass is 16.5. The molecule has 0 amide bonds. The topological polar surface area (TPSA) is 74.7 Å². The van der Waals surface area contributed by atoms with Gasteiger partial charge in [-0.25, -0.2) is 4.98 Å². The van der Waals surface area contributed by atoms with E-state index in [1.165, 1.54) is 0 Å². The first-order chi connectivity index (χ1) is 7.78. The Kier molecular flexibility index (Phi) is 2.83. The monoisotopic (exact) mass is 214 g/mol. The molecular weight excluding hydrogens is 204 g/mol. The molecule has 0 aliphatic rings. The summed E-state index contributed by atoms with van der Waals surface area (Å²) in [5.74, 6) is 1.43. The second-order valence-corrected chi connectivity index (χ2v) is 3.32. The van der Waals surface area contributed by atoms with Gasteiger partial charge in [0.1, 0.15) is 17.3 Å². The molecule has 0 aromatic carbocycles. The second-order valence-electron chi connectivity index (χ2n) is 3.32. The quantitative estimate of drug-likeness (QED) is 0.844. The van der Waals surface area contributed by atoms with Crippen LogP contribution in [-0.4, -0.2) is 10.1 Å². The van der Waals surface area contributed by atoms with Crippen molar-refractivity contribution < 1.29 is 4.52 Å². The number of nitrogens with zero attached hydrogens (tertiary/aromatic N) is 3. The van der Waals surface area contributed by atoms with Gasteiger partial charge in [0.2, 0.25) is 0 Å². The maximum atomic E-state index is 8.72. The number of nitrogens with one attached hydrogen (secondary N) is 1. The van der Waals surface area contributed by atoms with Crippen LogP contribution in [0.3, 0.4) is 0 Å². The normalized spacial score (nSPS) is 9.75. The molecule has 0 saturated heterocycles. The average molecular weight is 214 g/mol. The van der Waals surface area contributed by atoms with E-state index in [1.54, 1.807) is 18.3 Å². The van der Waals surface area contributed by atoms with Crippen LogP contribution in [0.15, 0.2) is 28.9 Å². The highest BCUT2D eigenvalue weighted by molar-refractivity contribution is 5.42. The third kappa shape index (κ3) is 2.36. The van der Waals surface area contributed by atoms with Crippen LogP contribution in [0.1, 0.15) is 17.0 Å². The van der Waals surface area contributed by atoms with Crippen LogP contribution in [0.4, 0.5) is 5.82 Å². The molecule has 1 N–H and O–H groups in total. The molecule has 0 bridgehead atoms. The molecule has 0 fully saturated rings. The summed E-state index contributed by atoms with van der Waals surface area (Å²) in [6.07, 6.45) is 1.59. The first kappa shape index (κ1) is 10.2. The Labute approximate surface area is 92.7 Å². The van der Waals surface area contributed by atoms with Crippen LogP contribution in [0.5, 0.6) is 0 Å². The van der Waals surface area contributed by atoms with Crippen LogP contribution in [-0.2, 0) is 6.54 Å². The second kappa shape index (κ2) is 4.45. The first-order valence-electron chi connectivity index (χ1n) is 4.80. The number of aryl methyl sites for hydroxylation is 1. The fourth-order valence-electron chi connectivity index (χ4n) is 1.28. The Morgan fingerprint density at radius 1 is 1.50 bits per heavy atom.